The smallest absolute Gasteiger partial charge is 0.309 e. The molecule has 158 valence electrons. The van der Waals surface area contributed by atoms with Crippen LogP contribution in [0.5, 0.6) is 0 Å². The van der Waals surface area contributed by atoms with Gasteiger partial charge in [-0.05, 0) is 38.8 Å². The van der Waals surface area contributed by atoms with Gasteiger partial charge >= 0.3 is 5.97 Å². The fourth-order valence-corrected chi connectivity index (χ4v) is 3.31. The average Bonchev–Trinajstić information content (AvgIpc) is 3.18. The highest BCUT2D eigenvalue weighted by molar-refractivity contribution is 14.0. The van der Waals surface area contributed by atoms with Crippen LogP contribution in [0, 0.1) is 12.8 Å². The Hall–Kier alpha value is -2.10. The minimum absolute atomic E-state index is 0. The van der Waals surface area contributed by atoms with Crippen LogP contribution in [-0.4, -0.2) is 48.6 Å². The summed E-state index contributed by atoms with van der Waals surface area (Å²) in [5.41, 5.74) is 2.98. The minimum atomic E-state index is -0.0867. The van der Waals surface area contributed by atoms with Crippen LogP contribution in [0.4, 0.5) is 0 Å². The predicted molar refractivity (Wildman–Crippen MR) is 123 cm³/mol. The molecule has 1 N–H and O–H groups in total. The van der Waals surface area contributed by atoms with E-state index >= 15 is 0 Å². The number of nitrogens with zero attached hydrogens (tertiary/aromatic N) is 3. The largest absolute Gasteiger partial charge is 0.466 e. The summed E-state index contributed by atoms with van der Waals surface area (Å²) in [6.45, 7) is 6.40. The van der Waals surface area contributed by atoms with Crippen LogP contribution in [0.1, 0.15) is 31.0 Å². The quantitative estimate of drug-likeness (QED) is 0.286. The molecule has 0 spiro atoms. The molecule has 1 aliphatic heterocycles. The monoisotopic (exact) mass is 512 g/mol. The zero-order chi connectivity index (χ0) is 19.9. The van der Waals surface area contributed by atoms with Crippen LogP contribution in [0.25, 0.3) is 11.5 Å². The fraction of sp³-hybridized carbons (Fsp3) is 0.476. The predicted octanol–water partition coefficient (Wildman–Crippen LogP) is 3.62. The van der Waals surface area contributed by atoms with Crippen LogP contribution >= 0.6 is 24.0 Å². The lowest BCUT2D eigenvalue weighted by molar-refractivity contribution is -0.149. The van der Waals surface area contributed by atoms with Gasteiger partial charge in [0.2, 0.25) is 5.89 Å². The lowest BCUT2D eigenvalue weighted by Gasteiger charge is -2.33. The van der Waals surface area contributed by atoms with E-state index in [1.165, 1.54) is 5.56 Å². The zero-order valence-electron chi connectivity index (χ0n) is 17.2. The van der Waals surface area contributed by atoms with Gasteiger partial charge in [0, 0.05) is 25.7 Å². The van der Waals surface area contributed by atoms with Crippen LogP contribution in [0.3, 0.4) is 0 Å². The van der Waals surface area contributed by atoms with Crippen molar-refractivity contribution in [2.24, 2.45) is 10.9 Å². The Kier molecular flexibility index (Phi) is 8.94. The first-order chi connectivity index (χ1) is 13.6. The molecule has 8 heteroatoms. The topological polar surface area (TPSA) is 80.0 Å². The Bertz CT molecular complexity index is 812. The van der Waals surface area contributed by atoms with Crippen molar-refractivity contribution in [3.05, 3.63) is 41.8 Å². The zero-order valence-corrected chi connectivity index (χ0v) is 19.5. The van der Waals surface area contributed by atoms with Gasteiger partial charge in [0.25, 0.3) is 0 Å². The van der Waals surface area contributed by atoms with Crippen molar-refractivity contribution in [1.82, 2.24) is 15.2 Å². The molecule has 7 nitrogen and oxygen atoms in total. The van der Waals surface area contributed by atoms with E-state index in [9.17, 15) is 4.79 Å². The number of guanidine groups is 1. The Labute approximate surface area is 188 Å². The van der Waals surface area contributed by atoms with Crippen molar-refractivity contribution in [2.45, 2.75) is 33.2 Å². The summed E-state index contributed by atoms with van der Waals surface area (Å²) >= 11 is 0. The minimum Gasteiger partial charge on any atom is -0.466 e. The molecule has 0 amide bonds. The van der Waals surface area contributed by atoms with E-state index < -0.39 is 0 Å². The average molecular weight is 512 g/mol. The Morgan fingerprint density at radius 1 is 1.31 bits per heavy atom. The van der Waals surface area contributed by atoms with E-state index in [-0.39, 0.29) is 35.9 Å². The van der Waals surface area contributed by atoms with Gasteiger partial charge in [0.15, 0.2) is 5.96 Å². The summed E-state index contributed by atoms with van der Waals surface area (Å²) in [5, 5.41) is 3.34. The molecule has 0 unspecified atom stereocenters. The van der Waals surface area contributed by atoms with Gasteiger partial charge in [-0.3, -0.25) is 9.79 Å². The number of aromatic nitrogens is 1. The number of halogens is 1. The maximum absolute atomic E-state index is 11.9. The van der Waals surface area contributed by atoms with Crippen molar-refractivity contribution in [3.8, 4) is 11.5 Å². The molecule has 0 saturated carbocycles. The number of esters is 1. The lowest BCUT2D eigenvalue weighted by Crippen LogP contribution is -2.46. The van der Waals surface area contributed by atoms with Crippen molar-refractivity contribution >= 4 is 35.9 Å². The first-order valence-corrected chi connectivity index (χ1v) is 9.74. The summed E-state index contributed by atoms with van der Waals surface area (Å²) in [6.07, 6.45) is 3.23. The maximum Gasteiger partial charge on any atom is 0.309 e. The van der Waals surface area contributed by atoms with Crippen molar-refractivity contribution < 1.29 is 13.9 Å². The third-order valence-electron chi connectivity index (χ3n) is 4.90. The Morgan fingerprint density at radius 2 is 2.00 bits per heavy atom. The number of carbonyl (C=O) groups is 1. The van der Waals surface area contributed by atoms with Gasteiger partial charge in [-0.2, -0.15) is 0 Å². The molecular formula is C21H29IN4O3. The number of piperidine rings is 1. The van der Waals surface area contributed by atoms with Gasteiger partial charge < -0.3 is 19.4 Å². The summed E-state index contributed by atoms with van der Waals surface area (Å²) in [6, 6.07) is 8.09. The second-order valence-electron chi connectivity index (χ2n) is 6.92. The van der Waals surface area contributed by atoms with Crippen molar-refractivity contribution in [2.75, 3.05) is 26.7 Å². The third-order valence-corrected chi connectivity index (χ3v) is 4.90. The molecule has 1 aromatic heterocycles. The second kappa shape index (κ2) is 11.2. The molecule has 1 aliphatic rings. The normalized spacial score (nSPS) is 15.0. The number of hydrogen-bond acceptors (Lipinski definition) is 5. The van der Waals surface area contributed by atoms with Gasteiger partial charge in [-0.25, -0.2) is 4.98 Å². The highest BCUT2D eigenvalue weighted by Gasteiger charge is 2.27. The van der Waals surface area contributed by atoms with Crippen LogP contribution < -0.4 is 5.32 Å². The summed E-state index contributed by atoms with van der Waals surface area (Å²) in [4.78, 5) is 23.0. The fourth-order valence-electron chi connectivity index (χ4n) is 3.31. The van der Waals surface area contributed by atoms with Gasteiger partial charge in [0.05, 0.1) is 24.8 Å². The first-order valence-electron chi connectivity index (χ1n) is 9.74. The summed E-state index contributed by atoms with van der Waals surface area (Å²) in [5.74, 6) is 1.32. The first kappa shape index (κ1) is 23.2. The molecule has 0 radical (unpaired) electrons. The van der Waals surface area contributed by atoms with Gasteiger partial charge in [-0.15, -0.1) is 24.0 Å². The number of likely N-dealkylation sites (tertiary alicyclic amines) is 1. The van der Waals surface area contributed by atoms with Crippen LogP contribution in [0.2, 0.25) is 0 Å². The number of benzene rings is 1. The third kappa shape index (κ3) is 6.19. The number of ether oxygens (including phenoxy) is 1. The molecule has 0 bridgehead atoms. The van der Waals surface area contributed by atoms with E-state index in [2.05, 4.69) is 27.1 Å². The highest BCUT2D eigenvalue weighted by Crippen LogP contribution is 2.20. The van der Waals surface area contributed by atoms with Gasteiger partial charge in [0.1, 0.15) is 6.26 Å². The molecule has 1 aromatic carbocycles. The number of aryl methyl sites for hydroxylation is 1. The molecule has 2 aromatic rings. The molecule has 0 aliphatic carbocycles. The number of rotatable bonds is 5. The van der Waals surface area contributed by atoms with Crippen molar-refractivity contribution in [3.63, 3.8) is 0 Å². The van der Waals surface area contributed by atoms with Crippen LogP contribution in [0.15, 0.2) is 39.9 Å². The maximum atomic E-state index is 11.9. The molecule has 29 heavy (non-hydrogen) atoms. The van der Waals surface area contributed by atoms with E-state index in [4.69, 9.17) is 9.15 Å². The molecule has 2 heterocycles. The number of aliphatic imine (C=N–C) groups is 1. The van der Waals surface area contributed by atoms with E-state index in [1.807, 2.05) is 31.2 Å². The Morgan fingerprint density at radius 3 is 2.62 bits per heavy atom. The molecular weight excluding hydrogens is 483 g/mol. The standard InChI is InChI=1S/C21H28N4O3.HI/c1-4-27-20(26)17-9-11-25(12-10-17)21(22-3)23-13-18-14-28-19(24-18)16-7-5-15(2)6-8-16;/h5-8,14,17H,4,9-13H2,1-3H3,(H,22,23);1H. The second-order valence-corrected chi connectivity index (χ2v) is 6.92. The summed E-state index contributed by atoms with van der Waals surface area (Å²) < 4.78 is 10.7. The van der Waals surface area contributed by atoms with E-state index in [0.717, 1.165) is 43.1 Å². The number of oxazole rings is 1. The van der Waals surface area contributed by atoms with E-state index in [1.54, 1.807) is 13.3 Å². The number of carbonyl (C=O) groups excluding carboxylic acids is 1. The molecule has 1 fully saturated rings. The van der Waals surface area contributed by atoms with Crippen molar-refractivity contribution in [1.29, 1.82) is 0 Å². The van der Waals surface area contributed by atoms with Crippen LogP contribution in [-0.2, 0) is 16.1 Å². The summed E-state index contributed by atoms with van der Waals surface area (Å²) in [7, 11) is 1.76. The lowest BCUT2D eigenvalue weighted by atomic mass is 9.97. The number of hydrogen-bond donors (Lipinski definition) is 1. The number of nitrogens with one attached hydrogen (secondary N) is 1. The molecule has 1 saturated heterocycles. The molecule has 0 atom stereocenters. The highest BCUT2D eigenvalue weighted by atomic mass is 127. The van der Waals surface area contributed by atoms with Gasteiger partial charge in [-0.1, -0.05) is 17.7 Å². The van der Waals surface area contributed by atoms with E-state index in [0.29, 0.717) is 19.0 Å². The Balaban J connectivity index is 0.00000300. The molecule has 3 rings (SSSR count). The SMILES string of the molecule is CCOC(=O)C1CCN(C(=NC)NCc2coc(-c3ccc(C)cc3)n2)CC1.I.